The number of hydrogen-bond donors (Lipinski definition) is 0. The van der Waals surface area contributed by atoms with Crippen LogP contribution in [0.3, 0.4) is 0 Å². The number of carbonyl (C=O) groups is 1. The van der Waals surface area contributed by atoms with Gasteiger partial charge in [-0.2, -0.15) is 0 Å². The lowest BCUT2D eigenvalue weighted by Gasteiger charge is -2.28. The van der Waals surface area contributed by atoms with E-state index in [0.29, 0.717) is 25.4 Å². The number of benzene rings is 2. The van der Waals surface area contributed by atoms with Crippen LogP contribution >= 0.6 is 0 Å². The zero-order valence-corrected chi connectivity index (χ0v) is 15.7. The predicted octanol–water partition coefficient (Wildman–Crippen LogP) is 3.99. The molecule has 5 nitrogen and oxygen atoms in total. The maximum atomic E-state index is 13.3. The van der Waals surface area contributed by atoms with Crippen LogP contribution in [0.15, 0.2) is 48.0 Å². The third-order valence-corrected chi connectivity index (χ3v) is 5.58. The van der Waals surface area contributed by atoms with E-state index >= 15 is 0 Å². The highest BCUT2D eigenvalue weighted by molar-refractivity contribution is 5.99. The number of para-hydroxylation sites is 1. The monoisotopic (exact) mass is 377 g/mol. The Morgan fingerprint density at radius 1 is 0.929 bits per heavy atom. The molecule has 0 saturated carbocycles. The summed E-state index contributed by atoms with van der Waals surface area (Å²) in [4.78, 5) is 15.2. The Morgan fingerprint density at radius 2 is 1.79 bits per heavy atom. The molecular formula is C23H23NO4. The van der Waals surface area contributed by atoms with Crippen LogP contribution in [-0.4, -0.2) is 37.2 Å². The van der Waals surface area contributed by atoms with Gasteiger partial charge in [0, 0.05) is 18.5 Å². The largest absolute Gasteiger partial charge is 0.490 e. The average Bonchev–Trinajstić information content (AvgIpc) is 3.11. The molecule has 0 aliphatic carbocycles. The minimum Gasteiger partial charge on any atom is -0.490 e. The summed E-state index contributed by atoms with van der Waals surface area (Å²) < 4.78 is 17.4. The fourth-order valence-electron chi connectivity index (χ4n) is 4.17. The van der Waals surface area contributed by atoms with E-state index in [2.05, 4.69) is 6.07 Å². The maximum absolute atomic E-state index is 13.3. The van der Waals surface area contributed by atoms with Crippen molar-refractivity contribution in [1.29, 1.82) is 0 Å². The average molecular weight is 377 g/mol. The van der Waals surface area contributed by atoms with Crippen LogP contribution < -0.4 is 14.2 Å². The summed E-state index contributed by atoms with van der Waals surface area (Å²) in [5.41, 5.74) is 2.77. The first-order valence-electron chi connectivity index (χ1n) is 9.92. The summed E-state index contributed by atoms with van der Waals surface area (Å²) >= 11 is 0. The minimum absolute atomic E-state index is 0.0581. The lowest BCUT2D eigenvalue weighted by atomic mass is 10.0. The van der Waals surface area contributed by atoms with E-state index in [0.717, 1.165) is 54.2 Å². The standard InChI is InChI=1S/C23H23NO4/c25-23(18-13-17-5-1-2-7-20(17)28-15-18)24-10-3-6-19(24)16-8-9-21-22(14-16)27-12-4-11-26-21/h1-2,5,7-9,13-14,19H,3-4,6,10-12,15H2. The Morgan fingerprint density at radius 3 is 2.71 bits per heavy atom. The first-order valence-corrected chi connectivity index (χ1v) is 9.92. The topological polar surface area (TPSA) is 48.0 Å². The first kappa shape index (κ1) is 17.2. The minimum atomic E-state index is 0.0581. The normalized spacial score (nSPS) is 20.6. The summed E-state index contributed by atoms with van der Waals surface area (Å²) in [6.45, 7) is 2.42. The lowest BCUT2D eigenvalue weighted by molar-refractivity contribution is -0.128. The molecule has 2 aromatic carbocycles. The van der Waals surface area contributed by atoms with Crippen molar-refractivity contribution >= 4 is 12.0 Å². The summed E-state index contributed by atoms with van der Waals surface area (Å²) in [5, 5.41) is 0. The first-order chi connectivity index (χ1) is 13.8. The van der Waals surface area contributed by atoms with Crippen LogP contribution in [0, 0.1) is 0 Å². The Hall–Kier alpha value is -2.95. The summed E-state index contributed by atoms with van der Waals surface area (Å²) in [5.74, 6) is 2.46. The van der Waals surface area contributed by atoms with Crippen LogP contribution in [0.4, 0.5) is 0 Å². The highest BCUT2D eigenvalue weighted by atomic mass is 16.5. The number of hydrogen-bond acceptors (Lipinski definition) is 4. The predicted molar refractivity (Wildman–Crippen MR) is 106 cm³/mol. The number of likely N-dealkylation sites (tertiary alicyclic amines) is 1. The van der Waals surface area contributed by atoms with Gasteiger partial charge in [-0.15, -0.1) is 0 Å². The number of amides is 1. The van der Waals surface area contributed by atoms with Gasteiger partial charge in [0.15, 0.2) is 11.5 Å². The quantitative estimate of drug-likeness (QED) is 0.794. The molecule has 28 heavy (non-hydrogen) atoms. The molecule has 0 N–H and O–H groups in total. The second-order valence-corrected chi connectivity index (χ2v) is 7.41. The molecule has 5 heteroatoms. The molecule has 1 atom stereocenters. The molecule has 1 fully saturated rings. The van der Waals surface area contributed by atoms with Gasteiger partial charge < -0.3 is 19.1 Å². The van der Waals surface area contributed by atoms with Crippen molar-refractivity contribution in [2.45, 2.75) is 25.3 Å². The zero-order chi connectivity index (χ0) is 18.9. The molecule has 0 radical (unpaired) electrons. The summed E-state index contributed by atoms with van der Waals surface area (Å²) in [7, 11) is 0. The van der Waals surface area contributed by atoms with Gasteiger partial charge in [-0.3, -0.25) is 4.79 Å². The molecule has 0 aromatic heterocycles. The van der Waals surface area contributed by atoms with Gasteiger partial charge in [0.2, 0.25) is 0 Å². The van der Waals surface area contributed by atoms with Gasteiger partial charge in [-0.1, -0.05) is 24.3 Å². The molecule has 5 rings (SSSR count). The SMILES string of the molecule is O=C(C1=Cc2ccccc2OC1)N1CCCC1c1ccc2c(c1)OCCCO2. The number of fused-ring (bicyclic) bond motifs is 2. The van der Waals surface area contributed by atoms with Crippen molar-refractivity contribution in [3.05, 3.63) is 59.2 Å². The van der Waals surface area contributed by atoms with Crippen LogP contribution in [0.1, 0.15) is 36.4 Å². The molecule has 0 bridgehead atoms. The van der Waals surface area contributed by atoms with Crippen molar-refractivity contribution in [1.82, 2.24) is 4.90 Å². The van der Waals surface area contributed by atoms with Gasteiger partial charge in [-0.25, -0.2) is 0 Å². The van der Waals surface area contributed by atoms with Gasteiger partial charge in [0.05, 0.1) is 24.8 Å². The van der Waals surface area contributed by atoms with Crippen LogP contribution in [-0.2, 0) is 4.79 Å². The van der Waals surface area contributed by atoms with Crippen LogP contribution in [0.5, 0.6) is 17.2 Å². The Bertz CT molecular complexity index is 936. The van der Waals surface area contributed by atoms with Crippen molar-refractivity contribution in [3.8, 4) is 17.2 Å². The number of nitrogens with zero attached hydrogens (tertiary/aromatic N) is 1. The van der Waals surface area contributed by atoms with Crippen molar-refractivity contribution < 1.29 is 19.0 Å². The van der Waals surface area contributed by atoms with Gasteiger partial charge in [-0.05, 0) is 42.7 Å². The molecule has 144 valence electrons. The van der Waals surface area contributed by atoms with Crippen LogP contribution in [0.2, 0.25) is 0 Å². The van der Waals surface area contributed by atoms with Crippen molar-refractivity contribution in [2.24, 2.45) is 0 Å². The fourth-order valence-corrected chi connectivity index (χ4v) is 4.17. The van der Waals surface area contributed by atoms with E-state index in [1.807, 2.05) is 47.4 Å². The molecule has 2 aromatic rings. The van der Waals surface area contributed by atoms with Crippen LogP contribution in [0.25, 0.3) is 6.08 Å². The molecule has 3 aliphatic rings. The molecule has 3 aliphatic heterocycles. The van der Waals surface area contributed by atoms with Gasteiger partial charge in [0.25, 0.3) is 5.91 Å². The highest BCUT2D eigenvalue weighted by Gasteiger charge is 2.33. The Balaban J connectivity index is 1.41. The maximum Gasteiger partial charge on any atom is 0.253 e. The summed E-state index contributed by atoms with van der Waals surface area (Å²) in [6.07, 6.45) is 4.80. The van der Waals surface area contributed by atoms with Gasteiger partial charge >= 0.3 is 0 Å². The molecular weight excluding hydrogens is 354 g/mol. The van der Waals surface area contributed by atoms with E-state index in [4.69, 9.17) is 14.2 Å². The second kappa shape index (κ2) is 7.23. The van der Waals surface area contributed by atoms with Gasteiger partial charge in [0.1, 0.15) is 12.4 Å². The van der Waals surface area contributed by atoms with E-state index < -0.39 is 0 Å². The molecule has 1 unspecified atom stereocenters. The Labute approximate surface area is 164 Å². The molecule has 0 spiro atoms. The lowest BCUT2D eigenvalue weighted by Crippen LogP contribution is -2.34. The third kappa shape index (κ3) is 3.11. The number of ether oxygens (including phenoxy) is 3. The number of carbonyl (C=O) groups excluding carboxylic acids is 1. The molecule has 1 amide bonds. The highest BCUT2D eigenvalue weighted by Crippen LogP contribution is 2.39. The smallest absolute Gasteiger partial charge is 0.253 e. The van der Waals surface area contributed by atoms with E-state index in [-0.39, 0.29) is 11.9 Å². The van der Waals surface area contributed by atoms with Crippen molar-refractivity contribution in [2.75, 3.05) is 26.4 Å². The summed E-state index contributed by atoms with van der Waals surface area (Å²) in [6, 6.07) is 13.9. The Kier molecular flexibility index (Phi) is 4.43. The zero-order valence-electron chi connectivity index (χ0n) is 15.7. The van der Waals surface area contributed by atoms with E-state index in [9.17, 15) is 4.79 Å². The van der Waals surface area contributed by atoms with E-state index in [1.54, 1.807) is 0 Å². The number of rotatable bonds is 2. The fraction of sp³-hybridized carbons (Fsp3) is 0.348. The molecule has 3 heterocycles. The second-order valence-electron chi connectivity index (χ2n) is 7.41. The molecule has 1 saturated heterocycles. The van der Waals surface area contributed by atoms with E-state index in [1.165, 1.54) is 0 Å². The van der Waals surface area contributed by atoms with Crippen molar-refractivity contribution in [3.63, 3.8) is 0 Å². The third-order valence-electron chi connectivity index (χ3n) is 5.58.